The van der Waals surface area contributed by atoms with Gasteiger partial charge in [0.2, 0.25) is 5.91 Å². The molecule has 2 saturated heterocycles. The quantitative estimate of drug-likeness (QED) is 0.305. The Morgan fingerprint density at radius 2 is 1.60 bits per heavy atom. The number of ether oxygens (including phenoxy) is 1. The molecular weight excluding hydrogens is 590 g/mol. The number of hydrogen-bond donors (Lipinski definition) is 1. The number of carbonyl (C=O) groups excluding carboxylic acids is 2. The molecule has 1 N–H and O–H groups in total. The smallest absolute Gasteiger partial charge is 0.251 e. The van der Waals surface area contributed by atoms with E-state index in [1.165, 1.54) is 5.56 Å². The molecule has 0 radical (unpaired) electrons. The van der Waals surface area contributed by atoms with Crippen molar-refractivity contribution in [2.75, 3.05) is 33.3 Å². The number of rotatable bonds is 9. The lowest BCUT2D eigenvalue weighted by molar-refractivity contribution is -0.138. The highest BCUT2D eigenvalue weighted by Crippen LogP contribution is 2.42. The van der Waals surface area contributed by atoms with Crippen molar-refractivity contribution in [3.8, 4) is 5.75 Å². The second-order valence-corrected chi connectivity index (χ2v) is 11.6. The lowest BCUT2D eigenvalue weighted by Crippen LogP contribution is -2.45. The minimum Gasteiger partial charge on any atom is -0.497 e. The zero-order chi connectivity index (χ0) is 27.2. The summed E-state index contributed by atoms with van der Waals surface area (Å²) in [5.41, 5.74) is 2.67. The predicted molar refractivity (Wildman–Crippen MR) is 164 cm³/mol. The summed E-state index contributed by atoms with van der Waals surface area (Å²) in [6.07, 6.45) is 3.55. The minimum atomic E-state index is -0.215. The number of likely N-dealkylation sites (tertiary alicyclic amines) is 2. The van der Waals surface area contributed by atoms with E-state index in [0.717, 1.165) is 67.6 Å². The molecule has 2 aliphatic rings. The van der Waals surface area contributed by atoms with Gasteiger partial charge in [-0.1, -0.05) is 58.4 Å². The molecule has 2 fully saturated rings. The maximum absolute atomic E-state index is 13.5. The average Bonchev–Trinajstić information content (AvgIpc) is 3.27. The average molecular weight is 627 g/mol. The van der Waals surface area contributed by atoms with Crippen molar-refractivity contribution in [3.05, 3.63) is 100 Å². The predicted octanol–water partition coefficient (Wildman–Crippen LogP) is 6.26. The van der Waals surface area contributed by atoms with Crippen LogP contribution >= 0.6 is 28.3 Å². The van der Waals surface area contributed by atoms with Crippen LogP contribution < -0.4 is 10.1 Å². The first-order valence-corrected chi connectivity index (χ1v) is 14.5. The first-order valence-electron chi connectivity index (χ1n) is 13.7. The van der Waals surface area contributed by atoms with Gasteiger partial charge in [0.05, 0.1) is 18.6 Å². The van der Waals surface area contributed by atoms with Crippen LogP contribution in [-0.4, -0.2) is 54.9 Å². The zero-order valence-electron chi connectivity index (χ0n) is 22.9. The van der Waals surface area contributed by atoms with E-state index in [1.54, 1.807) is 31.4 Å². The number of piperidine rings is 1. The Hall–Kier alpha value is -2.87. The zero-order valence-corrected chi connectivity index (χ0v) is 25.3. The first kappa shape index (κ1) is 30.1. The standard InChI is InChI=1S/C32H36BrN3O3.ClH/c1-39-28-13-9-26(10-14-28)30(37)34-29(25-5-3-2-4-6-25)15-19-35-20-16-32(17-21-35)18-22-36(31(32)38)23-24-7-11-27(33)12-8-24;/h2-14,29H,15-23H2,1H3,(H,34,37);1H. The Kier molecular flexibility index (Phi) is 10.3. The van der Waals surface area contributed by atoms with Gasteiger partial charge in [0.25, 0.3) is 5.91 Å². The molecule has 212 valence electrons. The number of nitrogens with zero attached hydrogens (tertiary/aromatic N) is 2. The molecule has 1 atom stereocenters. The molecule has 5 rings (SSSR count). The van der Waals surface area contributed by atoms with Gasteiger partial charge in [-0.15, -0.1) is 12.4 Å². The first-order chi connectivity index (χ1) is 19.0. The van der Waals surface area contributed by atoms with Gasteiger partial charge in [0.1, 0.15) is 5.75 Å². The highest BCUT2D eigenvalue weighted by Gasteiger charge is 2.47. The fourth-order valence-electron chi connectivity index (χ4n) is 5.83. The molecule has 2 heterocycles. The van der Waals surface area contributed by atoms with Gasteiger partial charge >= 0.3 is 0 Å². The molecule has 0 saturated carbocycles. The van der Waals surface area contributed by atoms with Gasteiger partial charge in [0, 0.05) is 29.7 Å². The topological polar surface area (TPSA) is 61.9 Å². The van der Waals surface area contributed by atoms with Crippen molar-refractivity contribution in [2.45, 2.75) is 38.3 Å². The van der Waals surface area contributed by atoms with Crippen molar-refractivity contribution in [1.29, 1.82) is 0 Å². The summed E-state index contributed by atoms with van der Waals surface area (Å²) in [5, 5.41) is 3.24. The molecule has 6 nitrogen and oxygen atoms in total. The van der Waals surface area contributed by atoms with E-state index in [9.17, 15) is 9.59 Å². The van der Waals surface area contributed by atoms with E-state index in [1.807, 2.05) is 35.2 Å². The SMILES string of the molecule is COc1ccc(C(=O)NC(CCN2CCC3(CC2)CCN(Cc2ccc(Br)cc2)C3=O)c2ccccc2)cc1.Cl. The van der Waals surface area contributed by atoms with Crippen molar-refractivity contribution < 1.29 is 14.3 Å². The summed E-state index contributed by atoms with van der Waals surface area (Å²) in [6, 6.07) is 25.5. The number of amides is 2. The Labute approximate surface area is 251 Å². The Morgan fingerprint density at radius 3 is 2.25 bits per heavy atom. The van der Waals surface area contributed by atoms with Crippen LogP contribution in [0.2, 0.25) is 0 Å². The fraction of sp³-hybridized carbons (Fsp3) is 0.375. The van der Waals surface area contributed by atoms with E-state index in [2.05, 4.69) is 50.4 Å². The van der Waals surface area contributed by atoms with Gasteiger partial charge in [-0.05, 0) is 86.3 Å². The summed E-state index contributed by atoms with van der Waals surface area (Å²) in [5.74, 6) is 0.955. The van der Waals surface area contributed by atoms with E-state index in [0.29, 0.717) is 18.0 Å². The number of carbonyl (C=O) groups is 2. The van der Waals surface area contributed by atoms with Crippen LogP contribution in [0.5, 0.6) is 5.75 Å². The monoisotopic (exact) mass is 625 g/mol. The molecule has 0 aromatic heterocycles. The molecule has 2 amide bonds. The Morgan fingerprint density at radius 1 is 0.950 bits per heavy atom. The highest BCUT2D eigenvalue weighted by atomic mass is 79.9. The lowest BCUT2D eigenvalue weighted by atomic mass is 9.77. The van der Waals surface area contributed by atoms with Crippen molar-refractivity contribution in [2.24, 2.45) is 5.41 Å². The van der Waals surface area contributed by atoms with E-state index >= 15 is 0 Å². The van der Waals surface area contributed by atoms with Crippen LogP contribution in [0.25, 0.3) is 0 Å². The van der Waals surface area contributed by atoms with Crippen LogP contribution in [0.15, 0.2) is 83.3 Å². The van der Waals surface area contributed by atoms with Crippen molar-refractivity contribution in [3.63, 3.8) is 0 Å². The molecule has 1 spiro atoms. The van der Waals surface area contributed by atoms with Crippen LogP contribution in [0.1, 0.15) is 53.2 Å². The number of nitrogens with one attached hydrogen (secondary N) is 1. The summed E-state index contributed by atoms with van der Waals surface area (Å²) in [6.45, 7) is 4.21. The molecule has 3 aromatic carbocycles. The molecule has 0 aliphatic carbocycles. The summed E-state index contributed by atoms with van der Waals surface area (Å²) in [7, 11) is 1.62. The summed E-state index contributed by atoms with van der Waals surface area (Å²) in [4.78, 5) is 31.0. The molecule has 40 heavy (non-hydrogen) atoms. The van der Waals surface area contributed by atoms with Crippen LogP contribution in [-0.2, 0) is 11.3 Å². The number of benzene rings is 3. The second-order valence-electron chi connectivity index (χ2n) is 10.7. The third-order valence-corrected chi connectivity index (χ3v) is 8.82. The van der Waals surface area contributed by atoms with Crippen LogP contribution in [0.4, 0.5) is 0 Å². The highest BCUT2D eigenvalue weighted by molar-refractivity contribution is 9.10. The van der Waals surface area contributed by atoms with E-state index in [-0.39, 0.29) is 29.8 Å². The number of methoxy groups -OCH3 is 1. The molecule has 2 aliphatic heterocycles. The maximum atomic E-state index is 13.5. The fourth-order valence-corrected chi connectivity index (χ4v) is 6.09. The van der Waals surface area contributed by atoms with Crippen molar-refractivity contribution in [1.82, 2.24) is 15.1 Å². The summed E-state index contributed by atoms with van der Waals surface area (Å²) < 4.78 is 6.27. The van der Waals surface area contributed by atoms with Crippen molar-refractivity contribution >= 4 is 40.2 Å². The molecule has 0 bridgehead atoms. The van der Waals surface area contributed by atoms with Gasteiger partial charge in [-0.2, -0.15) is 0 Å². The summed E-state index contributed by atoms with van der Waals surface area (Å²) >= 11 is 3.48. The number of halogens is 2. The van der Waals surface area contributed by atoms with E-state index < -0.39 is 0 Å². The normalized spacial score (nSPS) is 17.4. The number of hydrogen-bond acceptors (Lipinski definition) is 4. The third-order valence-electron chi connectivity index (χ3n) is 8.29. The molecule has 8 heteroatoms. The van der Waals surface area contributed by atoms with E-state index in [4.69, 9.17) is 4.74 Å². The van der Waals surface area contributed by atoms with Gasteiger partial charge in [0.15, 0.2) is 0 Å². The Bertz CT molecular complexity index is 1260. The van der Waals surface area contributed by atoms with Crippen LogP contribution in [0.3, 0.4) is 0 Å². The third kappa shape index (κ3) is 7.06. The van der Waals surface area contributed by atoms with Crippen LogP contribution in [0, 0.1) is 5.41 Å². The largest absolute Gasteiger partial charge is 0.497 e. The van der Waals surface area contributed by atoms with Gasteiger partial charge in [-0.25, -0.2) is 0 Å². The Balaban J connectivity index is 0.00000370. The van der Waals surface area contributed by atoms with Gasteiger partial charge < -0.3 is 19.9 Å². The minimum absolute atomic E-state index is 0. The molecular formula is C32H37BrClN3O3. The second kappa shape index (κ2) is 13.7. The lowest BCUT2D eigenvalue weighted by Gasteiger charge is -2.38. The van der Waals surface area contributed by atoms with Gasteiger partial charge in [-0.3, -0.25) is 9.59 Å². The molecule has 3 aromatic rings. The molecule has 1 unspecified atom stereocenters. The maximum Gasteiger partial charge on any atom is 0.251 e.